The first-order chi connectivity index (χ1) is 8.67. The molecule has 0 spiro atoms. The minimum absolute atomic E-state index is 0.0707. The third-order valence-corrected chi connectivity index (χ3v) is 3.58. The number of carbonyl (C=O) groups is 1. The molecule has 1 amide bonds. The molecular formula is C13H17BrN2O2. The molecule has 1 fully saturated rings. The smallest absolute Gasteiger partial charge is 0.244 e. The van der Waals surface area contributed by atoms with Crippen molar-refractivity contribution in [1.82, 2.24) is 5.32 Å². The van der Waals surface area contributed by atoms with Crippen molar-refractivity contribution in [1.29, 1.82) is 0 Å². The summed E-state index contributed by atoms with van der Waals surface area (Å²) in [6, 6.07) is 5.63. The lowest BCUT2D eigenvalue weighted by atomic mass is 10.2. The van der Waals surface area contributed by atoms with Gasteiger partial charge in [0.2, 0.25) is 5.91 Å². The van der Waals surface area contributed by atoms with Crippen LogP contribution in [0.25, 0.3) is 0 Å². The summed E-state index contributed by atoms with van der Waals surface area (Å²) in [4.78, 5) is 14.1. The van der Waals surface area contributed by atoms with Crippen LogP contribution in [0, 0.1) is 0 Å². The highest BCUT2D eigenvalue weighted by molar-refractivity contribution is 9.10. The molecule has 98 valence electrons. The first-order valence-corrected chi connectivity index (χ1v) is 6.85. The Kier molecular flexibility index (Phi) is 4.24. The van der Waals surface area contributed by atoms with E-state index in [9.17, 15) is 4.79 Å². The Morgan fingerprint density at radius 3 is 3.00 bits per heavy atom. The van der Waals surface area contributed by atoms with Gasteiger partial charge in [-0.25, -0.2) is 0 Å². The van der Waals surface area contributed by atoms with Crippen molar-refractivity contribution in [2.45, 2.75) is 19.4 Å². The van der Waals surface area contributed by atoms with E-state index >= 15 is 0 Å². The van der Waals surface area contributed by atoms with E-state index in [4.69, 9.17) is 4.74 Å². The molecular weight excluding hydrogens is 296 g/mol. The number of carbonyl (C=O) groups excluding carboxylic acids is 1. The minimum atomic E-state index is -0.0707. The summed E-state index contributed by atoms with van der Waals surface area (Å²) in [7, 11) is 1.62. The van der Waals surface area contributed by atoms with Gasteiger partial charge >= 0.3 is 0 Å². The molecule has 0 aliphatic carbocycles. The molecule has 1 aliphatic rings. The number of methoxy groups -OCH3 is 1. The number of nitrogens with zero attached hydrogens (tertiary/aromatic N) is 1. The zero-order valence-electron chi connectivity index (χ0n) is 10.6. The molecule has 1 saturated heterocycles. The van der Waals surface area contributed by atoms with Crippen LogP contribution in [0.1, 0.15) is 13.3 Å². The number of hydrogen-bond donors (Lipinski definition) is 1. The fourth-order valence-electron chi connectivity index (χ4n) is 2.23. The van der Waals surface area contributed by atoms with Crippen LogP contribution in [-0.4, -0.2) is 32.1 Å². The Morgan fingerprint density at radius 2 is 2.33 bits per heavy atom. The van der Waals surface area contributed by atoms with E-state index in [1.807, 2.05) is 25.1 Å². The molecule has 1 N–H and O–H groups in total. The number of nitrogens with one attached hydrogen (secondary N) is 1. The molecule has 1 aliphatic heterocycles. The number of halogens is 1. The highest BCUT2D eigenvalue weighted by atomic mass is 79.9. The summed E-state index contributed by atoms with van der Waals surface area (Å²) < 4.78 is 6.26. The van der Waals surface area contributed by atoms with E-state index in [2.05, 4.69) is 21.2 Å². The largest absolute Gasteiger partial charge is 0.495 e. The monoisotopic (exact) mass is 312 g/mol. The third kappa shape index (κ3) is 2.52. The second-order valence-electron chi connectivity index (χ2n) is 4.20. The molecule has 18 heavy (non-hydrogen) atoms. The summed E-state index contributed by atoms with van der Waals surface area (Å²) in [5.41, 5.74) is 0.831. The second kappa shape index (κ2) is 5.71. The number of likely N-dealkylation sites (N-methyl/N-ethyl adjacent to an activating group) is 1. The topological polar surface area (TPSA) is 41.6 Å². The van der Waals surface area contributed by atoms with Gasteiger partial charge in [0.1, 0.15) is 5.75 Å². The van der Waals surface area contributed by atoms with Crippen LogP contribution in [0.15, 0.2) is 22.7 Å². The van der Waals surface area contributed by atoms with Crippen LogP contribution in [0.4, 0.5) is 5.69 Å². The lowest BCUT2D eigenvalue weighted by molar-refractivity contribution is -0.118. The normalized spacial score (nSPS) is 19.4. The van der Waals surface area contributed by atoms with Crippen LogP contribution in [-0.2, 0) is 4.79 Å². The molecule has 0 radical (unpaired) electrons. The van der Waals surface area contributed by atoms with E-state index in [-0.39, 0.29) is 11.9 Å². The Labute approximate surface area is 115 Å². The van der Waals surface area contributed by atoms with Crippen molar-refractivity contribution >= 4 is 27.5 Å². The summed E-state index contributed by atoms with van der Waals surface area (Å²) in [6.07, 6.45) is 0.836. The Hall–Kier alpha value is -1.07. The lowest BCUT2D eigenvalue weighted by Gasteiger charge is -2.20. The van der Waals surface area contributed by atoms with E-state index < -0.39 is 0 Å². The van der Waals surface area contributed by atoms with Crippen molar-refractivity contribution < 1.29 is 9.53 Å². The zero-order valence-corrected chi connectivity index (χ0v) is 12.2. The number of amides is 1. The van der Waals surface area contributed by atoms with Gasteiger partial charge in [0.25, 0.3) is 0 Å². The SMILES string of the molecule is CCNC1CCN(c2cc(Br)ccc2OC)C1=O. The summed E-state index contributed by atoms with van der Waals surface area (Å²) in [6.45, 7) is 3.54. The highest BCUT2D eigenvalue weighted by Gasteiger charge is 2.33. The fraction of sp³-hybridized carbons (Fsp3) is 0.462. The summed E-state index contributed by atoms with van der Waals surface area (Å²) in [5.74, 6) is 0.844. The second-order valence-corrected chi connectivity index (χ2v) is 5.12. The maximum Gasteiger partial charge on any atom is 0.244 e. The van der Waals surface area contributed by atoms with Gasteiger partial charge in [-0.2, -0.15) is 0 Å². The summed E-state index contributed by atoms with van der Waals surface area (Å²) >= 11 is 3.43. The molecule has 4 nitrogen and oxygen atoms in total. The average molecular weight is 313 g/mol. The maximum atomic E-state index is 12.3. The highest BCUT2D eigenvalue weighted by Crippen LogP contribution is 2.33. The predicted molar refractivity (Wildman–Crippen MR) is 75.1 cm³/mol. The van der Waals surface area contributed by atoms with Crippen LogP contribution < -0.4 is 15.0 Å². The first kappa shape index (κ1) is 13.4. The molecule has 1 aromatic rings. The Morgan fingerprint density at radius 1 is 1.56 bits per heavy atom. The molecule has 5 heteroatoms. The average Bonchev–Trinajstić information content (AvgIpc) is 2.72. The van der Waals surface area contributed by atoms with Crippen LogP contribution in [0.2, 0.25) is 0 Å². The molecule has 0 saturated carbocycles. The first-order valence-electron chi connectivity index (χ1n) is 6.05. The molecule has 1 atom stereocenters. The van der Waals surface area contributed by atoms with Gasteiger partial charge in [-0.05, 0) is 31.2 Å². The predicted octanol–water partition coefficient (Wildman–Crippen LogP) is 2.17. The number of hydrogen-bond acceptors (Lipinski definition) is 3. The quantitative estimate of drug-likeness (QED) is 0.926. The van der Waals surface area contributed by atoms with Crippen LogP contribution in [0.5, 0.6) is 5.75 Å². The van der Waals surface area contributed by atoms with Crippen molar-refractivity contribution in [3.8, 4) is 5.75 Å². The molecule has 1 unspecified atom stereocenters. The number of ether oxygens (including phenoxy) is 1. The van der Waals surface area contributed by atoms with E-state index in [0.717, 1.165) is 35.4 Å². The number of benzene rings is 1. The number of anilines is 1. The van der Waals surface area contributed by atoms with Gasteiger partial charge in [-0.15, -0.1) is 0 Å². The minimum Gasteiger partial charge on any atom is -0.495 e. The Bertz CT molecular complexity index is 451. The van der Waals surface area contributed by atoms with E-state index in [0.29, 0.717) is 0 Å². The molecule has 0 aromatic heterocycles. The zero-order chi connectivity index (χ0) is 13.1. The maximum absolute atomic E-state index is 12.3. The van der Waals surface area contributed by atoms with Gasteiger partial charge < -0.3 is 15.0 Å². The van der Waals surface area contributed by atoms with Crippen LogP contribution >= 0.6 is 15.9 Å². The van der Waals surface area contributed by atoms with Gasteiger partial charge in [0, 0.05) is 11.0 Å². The van der Waals surface area contributed by atoms with Crippen molar-refractivity contribution in [2.75, 3.05) is 25.1 Å². The van der Waals surface area contributed by atoms with E-state index in [1.165, 1.54) is 0 Å². The van der Waals surface area contributed by atoms with Crippen molar-refractivity contribution in [3.63, 3.8) is 0 Å². The standard InChI is InChI=1S/C13H17BrN2O2/c1-3-15-10-6-7-16(13(10)17)11-8-9(14)4-5-12(11)18-2/h4-5,8,10,15H,3,6-7H2,1-2H3. The lowest BCUT2D eigenvalue weighted by Crippen LogP contribution is -2.38. The van der Waals surface area contributed by atoms with Crippen molar-refractivity contribution in [2.24, 2.45) is 0 Å². The molecule has 1 heterocycles. The fourth-order valence-corrected chi connectivity index (χ4v) is 2.58. The Balaban J connectivity index is 2.27. The number of rotatable bonds is 4. The summed E-state index contributed by atoms with van der Waals surface area (Å²) in [5, 5.41) is 3.20. The molecule has 2 rings (SSSR count). The van der Waals surface area contributed by atoms with Gasteiger partial charge in [-0.1, -0.05) is 22.9 Å². The van der Waals surface area contributed by atoms with E-state index in [1.54, 1.807) is 12.0 Å². The van der Waals surface area contributed by atoms with Crippen molar-refractivity contribution in [3.05, 3.63) is 22.7 Å². The van der Waals surface area contributed by atoms with Crippen LogP contribution in [0.3, 0.4) is 0 Å². The molecule has 1 aromatic carbocycles. The molecule has 0 bridgehead atoms. The van der Waals surface area contributed by atoms with Gasteiger partial charge in [0.15, 0.2) is 0 Å². The van der Waals surface area contributed by atoms with Gasteiger partial charge in [0.05, 0.1) is 18.8 Å². The van der Waals surface area contributed by atoms with Gasteiger partial charge in [-0.3, -0.25) is 4.79 Å². The third-order valence-electron chi connectivity index (χ3n) is 3.09.